The van der Waals surface area contributed by atoms with Crippen molar-refractivity contribution in [1.29, 1.82) is 0 Å². The highest BCUT2D eigenvalue weighted by Crippen LogP contribution is 2.46. The predicted molar refractivity (Wildman–Crippen MR) is 221 cm³/mol. The molecular formula is C39H48BrN10O4P. The van der Waals surface area contributed by atoms with Crippen LogP contribution in [0.5, 0.6) is 5.75 Å². The van der Waals surface area contributed by atoms with Crippen LogP contribution in [-0.4, -0.2) is 92.9 Å². The van der Waals surface area contributed by atoms with Crippen LogP contribution in [-0.2, 0) is 16.3 Å². The third-order valence-electron chi connectivity index (χ3n) is 10.4. The van der Waals surface area contributed by atoms with Crippen molar-refractivity contribution in [3.05, 3.63) is 59.7 Å². The minimum Gasteiger partial charge on any atom is -0.494 e. The number of likely N-dealkylation sites (tertiary alicyclic amines) is 1. The summed E-state index contributed by atoms with van der Waals surface area (Å²) in [4.78, 5) is 35.3. The lowest BCUT2D eigenvalue weighted by molar-refractivity contribution is 0.00665. The molecule has 290 valence electrons. The Balaban J connectivity index is 1.14. The minimum atomic E-state index is -2.79. The summed E-state index contributed by atoms with van der Waals surface area (Å²) in [5.74, 6) is 1.46. The van der Waals surface area contributed by atoms with Gasteiger partial charge in [-0.1, -0.05) is 0 Å². The average molecular weight is 832 g/mol. The third-order valence-corrected chi connectivity index (χ3v) is 12.5. The Labute approximate surface area is 329 Å². The van der Waals surface area contributed by atoms with Gasteiger partial charge in [-0.05, 0) is 99.3 Å². The Hall–Kier alpha value is -4.75. The van der Waals surface area contributed by atoms with Gasteiger partial charge in [-0.15, -0.1) is 0 Å². The molecule has 5 heterocycles. The van der Waals surface area contributed by atoms with Gasteiger partial charge in [-0.25, -0.2) is 9.78 Å². The van der Waals surface area contributed by atoms with Crippen LogP contribution in [0.3, 0.4) is 0 Å². The highest BCUT2D eigenvalue weighted by atomic mass is 79.9. The number of rotatable bonds is 8. The summed E-state index contributed by atoms with van der Waals surface area (Å²) in [6.07, 6.45) is 12.6. The molecule has 0 aliphatic carbocycles. The summed E-state index contributed by atoms with van der Waals surface area (Å²) >= 11 is 3.60. The smallest absolute Gasteiger partial charge is 0.410 e. The molecule has 2 aromatic carbocycles. The van der Waals surface area contributed by atoms with Gasteiger partial charge in [0, 0.05) is 80.9 Å². The molecule has 5 aromatic rings. The molecule has 2 N–H and O–H groups in total. The van der Waals surface area contributed by atoms with E-state index in [2.05, 4.69) is 63.6 Å². The summed E-state index contributed by atoms with van der Waals surface area (Å²) in [5.41, 5.74) is 5.31. The lowest BCUT2D eigenvalue weighted by Gasteiger charge is -2.47. The first kappa shape index (κ1) is 38.5. The number of nitrogens with one attached hydrogen (secondary N) is 2. The van der Waals surface area contributed by atoms with Crippen molar-refractivity contribution in [3.63, 3.8) is 0 Å². The molecule has 14 nitrogen and oxygen atoms in total. The number of hydrogen-bond donors (Lipinski definition) is 2. The summed E-state index contributed by atoms with van der Waals surface area (Å²) in [5, 5.41) is 11.9. The van der Waals surface area contributed by atoms with Gasteiger partial charge in [0.25, 0.3) is 0 Å². The monoisotopic (exact) mass is 830 g/mol. The standard InChI is InChI=1S/C39H48BrN10O4P/c1-38(2,3)54-37(51)50-18-12-39(13-19-50)10-16-49(17-11-39)31-21-32(53-5)30(20-26(31)25-22-44-48(4)24-25)46-36-43-23-27(40)35(47-36)45-29-9-8-28-33(42-15-14-41-28)34(29)55(6,7)52/h8-9,14-15,20-24H,10-13,16-19H2,1-7H3,(H2,43,45,46,47). The number of hydrogen-bond acceptors (Lipinski definition) is 12. The van der Waals surface area contributed by atoms with Crippen molar-refractivity contribution in [2.45, 2.75) is 52.1 Å². The van der Waals surface area contributed by atoms with E-state index in [1.807, 2.05) is 57.2 Å². The van der Waals surface area contributed by atoms with Crippen molar-refractivity contribution < 1.29 is 18.8 Å². The first-order valence-electron chi connectivity index (χ1n) is 18.4. The van der Waals surface area contributed by atoms with Gasteiger partial charge in [0.2, 0.25) is 5.95 Å². The Morgan fingerprint density at radius 2 is 1.65 bits per heavy atom. The maximum atomic E-state index is 13.5. The SMILES string of the molecule is COc1cc(N2CCC3(CCN(C(=O)OC(C)(C)C)CC3)CC2)c(-c2cnn(C)c2)cc1Nc1ncc(Br)c(Nc2ccc3nccnc3c2P(C)(C)=O)n1. The van der Waals surface area contributed by atoms with Crippen LogP contribution >= 0.6 is 23.1 Å². The maximum absolute atomic E-state index is 13.5. The number of amides is 1. The Bertz CT molecular complexity index is 2270. The second-order valence-electron chi connectivity index (χ2n) is 15.8. The molecule has 55 heavy (non-hydrogen) atoms. The van der Waals surface area contributed by atoms with Gasteiger partial charge in [0.15, 0.2) is 0 Å². The molecule has 2 saturated heterocycles. The fraction of sp³-hybridized carbons (Fsp3) is 0.436. The van der Waals surface area contributed by atoms with Crippen molar-refractivity contribution in [3.8, 4) is 16.9 Å². The number of nitrogens with zero attached hydrogens (tertiary/aromatic N) is 8. The fourth-order valence-electron chi connectivity index (χ4n) is 7.53. The molecule has 0 bridgehead atoms. The highest BCUT2D eigenvalue weighted by molar-refractivity contribution is 9.10. The van der Waals surface area contributed by atoms with E-state index in [1.165, 1.54) is 0 Å². The molecule has 0 unspecified atom stereocenters. The van der Waals surface area contributed by atoms with Gasteiger partial charge in [-0.2, -0.15) is 10.1 Å². The number of carbonyl (C=O) groups excluding carboxylic acids is 1. The van der Waals surface area contributed by atoms with E-state index in [4.69, 9.17) is 14.5 Å². The average Bonchev–Trinajstić information content (AvgIpc) is 3.58. The molecule has 0 saturated carbocycles. The molecule has 3 aromatic heterocycles. The molecule has 16 heteroatoms. The predicted octanol–water partition coefficient (Wildman–Crippen LogP) is 7.94. The maximum Gasteiger partial charge on any atom is 0.410 e. The van der Waals surface area contributed by atoms with Crippen LogP contribution in [0.15, 0.2) is 59.7 Å². The van der Waals surface area contributed by atoms with Crippen LogP contribution in [0, 0.1) is 5.41 Å². The number of piperidine rings is 2. The molecular weight excluding hydrogens is 783 g/mol. The van der Waals surface area contributed by atoms with Crippen LogP contribution in [0.1, 0.15) is 46.5 Å². The largest absolute Gasteiger partial charge is 0.494 e. The van der Waals surface area contributed by atoms with Gasteiger partial charge in [0.05, 0.1) is 40.0 Å². The van der Waals surface area contributed by atoms with E-state index in [0.717, 1.165) is 68.7 Å². The molecule has 0 radical (unpaired) electrons. The summed E-state index contributed by atoms with van der Waals surface area (Å²) in [6.45, 7) is 12.4. The lowest BCUT2D eigenvalue weighted by Crippen LogP contribution is -2.49. The lowest BCUT2D eigenvalue weighted by atomic mass is 9.71. The second kappa shape index (κ2) is 15.1. The minimum absolute atomic E-state index is 0.200. The van der Waals surface area contributed by atoms with Crippen molar-refractivity contribution in [1.82, 2.24) is 34.6 Å². The normalized spacial score (nSPS) is 16.0. The van der Waals surface area contributed by atoms with Crippen molar-refractivity contribution >= 4 is 74.3 Å². The number of benzene rings is 2. The van der Waals surface area contributed by atoms with Crippen LogP contribution in [0.2, 0.25) is 0 Å². The van der Waals surface area contributed by atoms with E-state index in [1.54, 1.807) is 43.7 Å². The fourth-order valence-corrected chi connectivity index (χ4v) is 9.21. The van der Waals surface area contributed by atoms with Gasteiger partial charge in [-0.3, -0.25) is 14.6 Å². The van der Waals surface area contributed by atoms with Crippen LogP contribution < -0.4 is 25.6 Å². The number of methoxy groups -OCH3 is 1. The molecule has 0 atom stereocenters. The summed E-state index contributed by atoms with van der Waals surface area (Å²) in [6, 6.07) is 7.85. The van der Waals surface area contributed by atoms with E-state index in [0.29, 0.717) is 49.7 Å². The number of halogens is 1. The van der Waals surface area contributed by atoms with Gasteiger partial charge >= 0.3 is 6.09 Å². The van der Waals surface area contributed by atoms with Gasteiger partial charge < -0.3 is 34.5 Å². The third kappa shape index (κ3) is 8.42. The van der Waals surface area contributed by atoms with Crippen LogP contribution in [0.25, 0.3) is 22.2 Å². The highest BCUT2D eigenvalue weighted by Gasteiger charge is 2.40. The first-order valence-corrected chi connectivity index (χ1v) is 21.8. The van der Waals surface area contributed by atoms with E-state index >= 15 is 0 Å². The quantitative estimate of drug-likeness (QED) is 0.146. The zero-order chi connectivity index (χ0) is 39.1. The topological polar surface area (TPSA) is 153 Å². The molecule has 1 spiro atoms. The molecule has 1 amide bonds. The Morgan fingerprint density at radius 1 is 0.945 bits per heavy atom. The zero-order valence-corrected chi connectivity index (χ0v) is 34.9. The molecule has 2 fully saturated rings. The summed E-state index contributed by atoms with van der Waals surface area (Å²) < 4.78 is 27.6. The number of fused-ring (bicyclic) bond motifs is 1. The summed E-state index contributed by atoms with van der Waals surface area (Å²) in [7, 11) is 0.780. The Kier molecular flexibility index (Phi) is 10.5. The molecule has 2 aliphatic heterocycles. The van der Waals surface area contributed by atoms with Crippen LogP contribution in [0.4, 0.5) is 33.6 Å². The van der Waals surface area contributed by atoms with E-state index in [-0.39, 0.29) is 11.5 Å². The second-order valence-corrected chi connectivity index (χ2v) is 19.8. The van der Waals surface area contributed by atoms with E-state index < -0.39 is 12.7 Å². The van der Waals surface area contributed by atoms with Crippen molar-refractivity contribution in [2.75, 3.05) is 62.2 Å². The number of ether oxygens (including phenoxy) is 2. The number of carbonyl (C=O) groups is 1. The van der Waals surface area contributed by atoms with E-state index in [9.17, 15) is 9.36 Å². The van der Waals surface area contributed by atoms with Gasteiger partial charge in [0.1, 0.15) is 29.8 Å². The molecule has 7 rings (SSSR count). The molecule has 2 aliphatic rings. The number of aryl methyl sites for hydroxylation is 1. The van der Waals surface area contributed by atoms with Crippen molar-refractivity contribution in [2.24, 2.45) is 12.5 Å². The zero-order valence-electron chi connectivity index (χ0n) is 32.4. The number of anilines is 5. The number of aromatic nitrogens is 6. The Morgan fingerprint density at radius 3 is 2.31 bits per heavy atom. The first-order chi connectivity index (χ1) is 26.1.